The Hall–Kier alpha value is -1.00. The van der Waals surface area contributed by atoms with Crippen molar-refractivity contribution < 1.29 is 13.9 Å². The molecule has 0 bridgehead atoms. The largest absolute Gasteiger partial charge is 0.493 e. The van der Waals surface area contributed by atoms with Crippen LogP contribution in [0.5, 0.6) is 11.5 Å². The van der Waals surface area contributed by atoms with E-state index in [1.165, 1.54) is 0 Å². The highest BCUT2D eigenvalue weighted by Crippen LogP contribution is 2.36. The monoisotopic (exact) mass is 289 g/mol. The first-order chi connectivity index (χ1) is 9.12. The van der Waals surface area contributed by atoms with Crippen molar-refractivity contribution >= 4 is 11.6 Å². The van der Waals surface area contributed by atoms with E-state index in [9.17, 15) is 4.39 Å². The lowest BCUT2D eigenvalue weighted by Crippen LogP contribution is -2.21. The molecule has 0 radical (unpaired) electrons. The number of rotatable bonds is 8. The molecule has 0 spiro atoms. The van der Waals surface area contributed by atoms with Gasteiger partial charge < -0.3 is 15.2 Å². The zero-order chi connectivity index (χ0) is 14.3. The lowest BCUT2D eigenvalue weighted by Gasteiger charge is -2.15. The molecule has 0 aromatic heterocycles. The highest BCUT2D eigenvalue weighted by atomic mass is 35.5. The molecule has 0 aliphatic heterocycles. The normalized spacial score (nSPS) is 12.3. The molecule has 3 nitrogen and oxygen atoms in total. The summed E-state index contributed by atoms with van der Waals surface area (Å²) in [4.78, 5) is 0. The van der Waals surface area contributed by atoms with Gasteiger partial charge in [0.05, 0.1) is 25.4 Å². The minimum absolute atomic E-state index is 0.0964. The summed E-state index contributed by atoms with van der Waals surface area (Å²) in [5.41, 5.74) is 6.93. The summed E-state index contributed by atoms with van der Waals surface area (Å²) in [5, 5.41) is 0.469. The van der Waals surface area contributed by atoms with Crippen molar-refractivity contribution in [2.24, 2.45) is 5.73 Å². The number of hydrogen-bond donors (Lipinski definition) is 1. The van der Waals surface area contributed by atoms with Crippen molar-refractivity contribution in [2.75, 3.05) is 20.4 Å². The van der Waals surface area contributed by atoms with Gasteiger partial charge in [-0.1, -0.05) is 18.5 Å². The fraction of sp³-hybridized carbons (Fsp3) is 0.571. The molecule has 1 aromatic carbocycles. The maximum absolute atomic E-state index is 12.1. The summed E-state index contributed by atoms with van der Waals surface area (Å²) in [6.07, 6.45) is 1.97. The average Bonchev–Trinajstić information content (AvgIpc) is 2.40. The van der Waals surface area contributed by atoms with Crippen LogP contribution in [0.25, 0.3) is 0 Å². The van der Waals surface area contributed by atoms with E-state index < -0.39 is 6.67 Å². The predicted molar refractivity (Wildman–Crippen MR) is 76.1 cm³/mol. The van der Waals surface area contributed by atoms with Gasteiger partial charge in [0.15, 0.2) is 11.5 Å². The second-order valence-corrected chi connectivity index (χ2v) is 4.78. The molecule has 1 aromatic rings. The molecular formula is C14H21ClFNO2. The molecule has 0 saturated carbocycles. The van der Waals surface area contributed by atoms with Crippen LogP contribution < -0.4 is 15.2 Å². The summed E-state index contributed by atoms with van der Waals surface area (Å²) >= 11 is 6.18. The van der Waals surface area contributed by atoms with Gasteiger partial charge in [0.1, 0.15) is 0 Å². The molecule has 2 N–H and O–H groups in total. The summed E-state index contributed by atoms with van der Waals surface area (Å²) in [5.74, 6) is 1.02. The molecule has 0 fully saturated rings. The van der Waals surface area contributed by atoms with Crippen LogP contribution in [0.3, 0.4) is 0 Å². The van der Waals surface area contributed by atoms with E-state index in [4.69, 9.17) is 26.8 Å². The van der Waals surface area contributed by atoms with E-state index in [0.717, 1.165) is 18.4 Å². The number of benzene rings is 1. The number of hydrogen-bond acceptors (Lipinski definition) is 3. The fourth-order valence-electron chi connectivity index (χ4n) is 1.71. The molecular weight excluding hydrogens is 269 g/mol. The highest BCUT2D eigenvalue weighted by Gasteiger charge is 2.13. The van der Waals surface area contributed by atoms with Crippen LogP contribution in [-0.4, -0.2) is 26.4 Å². The molecule has 108 valence electrons. The van der Waals surface area contributed by atoms with E-state index >= 15 is 0 Å². The van der Waals surface area contributed by atoms with Crippen LogP contribution in [0, 0.1) is 0 Å². The molecule has 0 heterocycles. The standard InChI is InChI=1S/C14H21ClFNO2/c1-3-11(17)7-10-8-12(15)14(13(9-10)18-2)19-6-4-5-16/h8-9,11H,3-7,17H2,1-2H3. The molecule has 1 atom stereocenters. The molecule has 0 amide bonds. The van der Waals surface area contributed by atoms with Crippen LogP contribution in [-0.2, 0) is 6.42 Å². The smallest absolute Gasteiger partial charge is 0.179 e. The van der Waals surface area contributed by atoms with E-state index in [1.54, 1.807) is 7.11 Å². The predicted octanol–water partition coefficient (Wildman–Crippen LogP) is 3.37. The maximum atomic E-state index is 12.1. The first-order valence-electron chi connectivity index (χ1n) is 6.43. The number of alkyl halides is 1. The Kier molecular flexibility index (Phi) is 6.95. The lowest BCUT2D eigenvalue weighted by molar-refractivity contribution is 0.274. The number of nitrogens with two attached hydrogens (primary N) is 1. The number of methoxy groups -OCH3 is 1. The molecule has 1 rings (SSSR count). The van der Waals surface area contributed by atoms with Gasteiger partial charge in [0.2, 0.25) is 0 Å². The molecule has 0 aliphatic rings. The van der Waals surface area contributed by atoms with Crippen molar-refractivity contribution in [3.8, 4) is 11.5 Å². The number of ether oxygens (including phenoxy) is 2. The second kappa shape index (κ2) is 8.23. The first-order valence-corrected chi connectivity index (χ1v) is 6.80. The molecule has 0 saturated heterocycles. The topological polar surface area (TPSA) is 44.5 Å². The third-order valence-corrected chi connectivity index (χ3v) is 3.12. The van der Waals surface area contributed by atoms with Crippen molar-refractivity contribution in [3.05, 3.63) is 22.7 Å². The second-order valence-electron chi connectivity index (χ2n) is 4.37. The van der Waals surface area contributed by atoms with Crippen molar-refractivity contribution in [1.82, 2.24) is 0 Å². The van der Waals surface area contributed by atoms with Crippen LogP contribution in [0.1, 0.15) is 25.3 Å². The SMILES string of the molecule is CCC(N)Cc1cc(Cl)c(OCCCF)c(OC)c1. The number of halogens is 2. The van der Waals surface area contributed by atoms with Gasteiger partial charge in [-0.3, -0.25) is 4.39 Å². The van der Waals surface area contributed by atoms with Gasteiger partial charge in [0, 0.05) is 12.5 Å². The lowest BCUT2D eigenvalue weighted by atomic mass is 10.0. The van der Waals surface area contributed by atoms with Crippen LogP contribution >= 0.6 is 11.6 Å². The Morgan fingerprint density at radius 1 is 1.42 bits per heavy atom. The molecule has 19 heavy (non-hydrogen) atoms. The third-order valence-electron chi connectivity index (χ3n) is 2.84. The van der Waals surface area contributed by atoms with Crippen LogP contribution in [0.4, 0.5) is 4.39 Å². The van der Waals surface area contributed by atoms with Crippen LogP contribution in [0.15, 0.2) is 12.1 Å². The zero-order valence-electron chi connectivity index (χ0n) is 11.4. The van der Waals surface area contributed by atoms with Crippen molar-refractivity contribution in [3.63, 3.8) is 0 Å². The average molecular weight is 290 g/mol. The third kappa shape index (κ3) is 4.88. The summed E-state index contributed by atoms with van der Waals surface area (Å²) in [6, 6.07) is 3.79. The van der Waals surface area contributed by atoms with Crippen molar-refractivity contribution in [2.45, 2.75) is 32.2 Å². The van der Waals surface area contributed by atoms with Crippen molar-refractivity contribution in [1.29, 1.82) is 0 Å². The Morgan fingerprint density at radius 3 is 2.74 bits per heavy atom. The fourth-order valence-corrected chi connectivity index (χ4v) is 1.99. The van der Waals surface area contributed by atoms with Crippen LogP contribution in [0.2, 0.25) is 5.02 Å². The molecule has 1 unspecified atom stereocenters. The van der Waals surface area contributed by atoms with Gasteiger partial charge in [0.25, 0.3) is 0 Å². The Bertz CT molecular complexity index is 401. The Balaban J connectivity index is 2.87. The first kappa shape index (κ1) is 16.1. The summed E-state index contributed by atoms with van der Waals surface area (Å²) in [6.45, 7) is 1.90. The molecule has 0 aliphatic carbocycles. The van der Waals surface area contributed by atoms with Gasteiger partial charge in [-0.2, -0.15) is 0 Å². The minimum Gasteiger partial charge on any atom is -0.493 e. The Labute approximate surface area is 118 Å². The van der Waals surface area contributed by atoms with E-state index in [2.05, 4.69) is 0 Å². The van der Waals surface area contributed by atoms with Gasteiger partial charge in [-0.05, 0) is 30.5 Å². The molecule has 5 heteroatoms. The maximum Gasteiger partial charge on any atom is 0.179 e. The minimum atomic E-state index is -0.413. The van der Waals surface area contributed by atoms with E-state index in [1.807, 2.05) is 19.1 Å². The summed E-state index contributed by atoms with van der Waals surface area (Å²) in [7, 11) is 1.55. The quantitative estimate of drug-likeness (QED) is 0.746. The van der Waals surface area contributed by atoms with Gasteiger partial charge >= 0.3 is 0 Å². The highest BCUT2D eigenvalue weighted by molar-refractivity contribution is 6.32. The van der Waals surface area contributed by atoms with Gasteiger partial charge in [-0.25, -0.2) is 0 Å². The summed E-state index contributed by atoms with van der Waals surface area (Å²) < 4.78 is 22.8. The Morgan fingerprint density at radius 2 is 2.16 bits per heavy atom. The van der Waals surface area contributed by atoms with Gasteiger partial charge in [-0.15, -0.1) is 0 Å². The zero-order valence-corrected chi connectivity index (χ0v) is 12.2. The van der Waals surface area contributed by atoms with E-state index in [0.29, 0.717) is 22.9 Å². The van der Waals surface area contributed by atoms with E-state index in [-0.39, 0.29) is 12.6 Å².